The molecule has 1 heterocycles. The van der Waals surface area contributed by atoms with E-state index in [1.165, 1.54) is 0 Å². The molecule has 0 bridgehead atoms. The van der Waals surface area contributed by atoms with E-state index in [0.717, 1.165) is 15.6 Å². The maximum Gasteiger partial charge on any atom is 0.251 e. The molecule has 0 atom stereocenters. The lowest BCUT2D eigenvalue weighted by molar-refractivity contribution is 0.0929. The number of hydrogen-bond donors (Lipinski definition) is 1. The summed E-state index contributed by atoms with van der Waals surface area (Å²) in [6.45, 7) is 4.97. The van der Waals surface area contributed by atoms with E-state index < -0.39 is 0 Å². The summed E-state index contributed by atoms with van der Waals surface area (Å²) in [6, 6.07) is 5.75. The van der Waals surface area contributed by atoms with Crippen LogP contribution in [0, 0.1) is 0 Å². The molecule has 74 valence electrons. The van der Waals surface area contributed by atoms with Gasteiger partial charge in [0.25, 0.3) is 5.91 Å². The summed E-state index contributed by atoms with van der Waals surface area (Å²) in [4.78, 5) is 11.6. The van der Waals surface area contributed by atoms with Gasteiger partial charge in [-0.3, -0.25) is 4.79 Å². The Labute approximate surface area is 91.8 Å². The van der Waals surface area contributed by atoms with Crippen molar-refractivity contribution in [1.29, 1.82) is 0 Å². The standard InChI is InChI=1S/C11H12BrNO/c1-11(2)6-13-10(14)7-4-3-5-8(12)9(7)11/h3-5H,6H2,1-2H3,(H,13,14). The minimum Gasteiger partial charge on any atom is -0.351 e. The van der Waals surface area contributed by atoms with Crippen molar-refractivity contribution in [1.82, 2.24) is 5.32 Å². The van der Waals surface area contributed by atoms with Gasteiger partial charge in [-0.1, -0.05) is 35.8 Å². The van der Waals surface area contributed by atoms with E-state index in [4.69, 9.17) is 0 Å². The van der Waals surface area contributed by atoms with Crippen molar-refractivity contribution in [2.75, 3.05) is 6.54 Å². The Balaban J connectivity index is 2.70. The van der Waals surface area contributed by atoms with Crippen LogP contribution in [0.15, 0.2) is 22.7 Å². The smallest absolute Gasteiger partial charge is 0.251 e. The highest BCUT2D eigenvalue weighted by molar-refractivity contribution is 9.10. The monoisotopic (exact) mass is 253 g/mol. The second-order valence-corrected chi connectivity index (χ2v) is 5.08. The molecule has 0 fully saturated rings. The summed E-state index contributed by atoms with van der Waals surface area (Å²) in [5.41, 5.74) is 1.91. The SMILES string of the molecule is CC1(C)CNC(=O)c2cccc(Br)c21. The van der Waals surface area contributed by atoms with Crippen molar-refractivity contribution < 1.29 is 4.79 Å². The predicted octanol–water partition coefficient (Wildman–Crippen LogP) is 2.47. The topological polar surface area (TPSA) is 29.1 Å². The van der Waals surface area contributed by atoms with E-state index in [2.05, 4.69) is 35.1 Å². The lowest BCUT2D eigenvalue weighted by Crippen LogP contribution is -2.43. The normalized spacial score (nSPS) is 18.6. The fourth-order valence-electron chi connectivity index (χ4n) is 1.89. The zero-order chi connectivity index (χ0) is 10.3. The molecule has 3 heteroatoms. The van der Waals surface area contributed by atoms with Crippen LogP contribution < -0.4 is 5.32 Å². The molecule has 0 saturated carbocycles. The fourth-order valence-corrected chi connectivity index (χ4v) is 2.79. The summed E-state index contributed by atoms with van der Waals surface area (Å²) < 4.78 is 1.02. The summed E-state index contributed by atoms with van der Waals surface area (Å²) in [5, 5.41) is 2.90. The van der Waals surface area contributed by atoms with E-state index >= 15 is 0 Å². The Bertz CT molecular complexity index is 398. The third kappa shape index (κ3) is 1.36. The van der Waals surface area contributed by atoms with Crippen LogP contribution in [0.2, 0.25) is 0 Å². The van der Waals surface area contributed by atoms with Gasteiger partial charge < -0.3 is 5.32 Å². The summed E-state index contributed by atoms with van der Waals surface area (Å²) in [6.07, 6.45) is 0. The number of rotatable bonds is 0. The molecule has 0 aliphatic carbocycles. The number of carbonyl (C=O) groups excluding carboxylic acids is 1. The number of benzene rings is 1. The Morgan fingerprint density at radius 2 is 2.14 bits per heavy atom. The Morgan fingerprint density at radius 1 is 1.43 bits per heavy atom. The van der Waals surface area contributed by atoms with Gasteiger partial charge in [0.05, 0.1) is 0 Å². The Hall–Kier alpha value is -0.830. The molecule has 0 unspecified atom stereocenters. The highest BCUT2D eigenvalue weighted by atomic mass is 79.9. The zero-order valence-corrected chi connectivity index (χ0v) is 9.81. The summed E-state index contributed by atoms with van der Waals surface area (Å²) >= 11 is 3.51. The fraction of sp³-hybridized carbons (Fsp3) is 0.364. The minimum atomic E-state index is 0.00331. The largest absolute Gasteiger partial charge is 0.351 e. The third-order valence-corrected chi connectivity index (χ3v) is 3.29. The van der Waals surface area contributed by atoms with Gasteiger partial charge in [-0.25, -0.2) is 0 Å². The van der Waals surface area contributed by atoms with Crippen LogP contribution in [0.5, 0.6) is 0 Å². The lowest BCUT2D eigenvalue weighted by atomic mass is 9.79. The van der Waals surface area contributed by atoms with Crippen LogP contribution in [0.3, 0.4) is 0 Å². The van der Waals surface area contributed by atoms with Gasteiger partial charge >= 0.3 is 0 Å². The molecular weight excluding hydrogens is 242 g/mol. The number of nitrogens with one attached hydrogen (secondary N) is 1. The van der Waals surface area contributed by atoms with Crippen LogP contribution >= 0.6 is 15.9 Å². The maximum atomic E-state index is 11.6. The van der Waals surface area contributed by atoms with Gasteiger partial charge in [0.2, 0.25) is 0 Å². The Morgan fingerprint density at radius 3 is 2.79 bits per heavy atom. The average molecular weight is 254 g/mol. The van der Waals surface area contributed by atoms with E-state index in [-0.39, 0.29) is 11.3 Å². The average Bonchev–Trinajstić information content (AvgIpc) is 2.12. The first-order valence-electron chi connectivity index (χ1n) is 4.59. The third-order valence-electron chi connectivity index (χ3n) is 2.63. The molecule has 1 aromatic carbocycles. The zero-order valence-electron chi connectivity index (χ0n) is 8.23. The first-order chi connectivity index (χ1) is 6.52. The molecule has 1 N–H and O–H groups in total. The van der Waals surface area contributed by atoms with E-state index in [1.54, 1.807) is 0 Å². The molecule has 2 nitrogen and oxygen atoms in total. The quantitative estimate of drug-likeness (QED) is 0.757. The summed E-state index contributed by atoms with van der Waals surface area (Å²) in [7, 11) is 0. The molecule has 1 aromatic rings. The van der Waals surface area contributed by atoms with Crippen LogP contribution in [-0.2, 0) is 5.41 Å². The van der Waals surface area contributed by atoms with Crippen LogP contribution in [0.1, 0.15) is 29.8 Å². The number of fused-ring (bicyclic) bond motifs is 1. The van der Waals surface area contributed by atoms with E-state index in [9.17, 15) is 4.79 Å². The van der Waals surface area contributed by atoms with Crippen molar-refractivity contribution in [2.45, 2.75) is 19.3 Å². The van der Waals surface area contributed by atoms with Crippen LogP contribution in [-0.4, -0.2) is 12.5 Å². The van der Waals surface area contributed by atoms with Crippen LogP contribution in [0.4, 0.5) is 0 Å². The van der Waals surface area contributed by atoms with Gasteiger partial charge in [-0.05, 0) is 17.7 Å². The second-order valence-electron chi connectivity index (χ2n) is 4.23. The summed E-state index contributed by atoms with van der Waals surface area (Å²) in [5.74, 6) is 0.0284. The van der Waals surface area contributed by atoms with Crippen LogP contribution in [0.25, 0.3) is 0 Å². The maximum absolute atomic E-state index is 11.6. The molecule has 1 aliphatic rings. The molecule has 0 saturated heterocycles. The number of halogens is 1. The van der Waals surface area contributed by atoms with Gasteiger partial charge in [-0.15, -0.1) is 0 Å². The lowest BCUT2D eigenvalue weighted by Gasteiger charge is -2.33. The van der Waals surface area contributed by atoms with Crippen molar-refractivity contribution in [3.63, 3.8) is 0 Å². The first-order valence-corrected chi connectivity index (χ1v) is 5.39. The second kappa shape index (κ2) is 3.09. The van der Waals surface area contributed by atoms with Gasteiger partial charge in [-0.2, -0.15) is 0 Å². The number of hydrogen-bond acceptors (Lipinski definition) is 1. The Kier molecular flexibility index (Phi) is 2.14. The molecule has 0 radical (unpaired) electrons. The van der Waals surface area contributed by atoms with Gasteiger partial charge in [0.1, 0.15) is 0 Å². The minimum absolute atomic E-state index is 0.00331. The number of carbonyl (C=O) groups is 1. The van der Waals surface area contributed by atoms with Crippen molar-refractivity contribution in [3.8, 4) is 0 Å². The molecule has 0 spiro atoms. The van der Waals surface area contributed by atoms with Gasteiger partial charge in [0, 0.05) is 22.0 Å². The molecular formula is C11H12BrNO. The molecule has 1 amide bonds. The highest BCUT2D eigenvalue weighted by Crippen LogP contribution is 2.34. The van der Waals surface area contributed by atoms with Crippen molar-refractivity contribution in [2.24, 2.45) is 0 Å². The van der Waals surface area contributed by atoms with Gasteiger partial charge in [0.15, 0.2) is 0 Å². The van der Waals surface area contributed by atoms with E-state index in [0.29, 0.717) is 6.54 Å². The first kappa shape index (κ1) is 9.71. The van der Waals surface area contributed by atoms with Crippen molar-refractivity contribution in [3.05, 3.63) is 33.8 Å². The predicted molar refractivity (Wildman–Crippen MR) is 59.5 cm³/mol. The van der Waals surface area contributed by atoms with Crippen molar-refractivity contribution >= 4 is 21.8 Å². The molecule has 1 aliphatic heterocycles. The number of amides is 1. The highest BCUT2D eigenvalue weighted by Gasteiger charge is 2.32. The van der Waals surface area contributed by atoms with E-state index in [1.807, 2.05) is 18.2 Å². The molecule has 2 rings (SSSR count). The molecule has 0 aromatic heterocycles. The molecule has 14 heavy (non-hydrogen) atoms.